The fraction of sp³-hybridized carbons (Fsp3) is 0.353. The third-order valence-corrected chi connectivity index (χ3v) is 3.77. The van der Waals surface area contributed by atoms with Gasteiger partial charge in [-0.15, -0.1) is 0 Å². The molecular formula is C17H20N2O2. The predicted octanol–water partition coefficient (Wildman–Crippen LogP) is 2.40. The van der Waals surface area contributed by atoms with Crippen LogP contribution in [-0.2, 0) is 11.3 Å². The van der Waals surface area contributed by atoms with Gasteiger partial charge < -0.3 is 14.2 Å². The van der Waals surface area contributed by atoms with Crippen LogP contribution >= 0.6 is 0 Å². The zero-order chi connectivity index (χ0) is 14.7. The van der Waals surface area contributed by atoms with Gasteiger partial charge in [0.15, 0.2) is 0 Å². The van der Waals surface area contributed by atoms with Gasteiger partial charge in [-0.2, -0.15) is 0 Å². The Kier molecular flexibility index (Phi) is 4.06. The van der Waals surface area contributed by atoms with Crippen LogP contribution in [0.2, 0.25) is 0 Å². The van der Waals surface area contributed by atoms with E-state index in [1.165, 1.54) is 5.56 Å². The molecule has 3 rings (SSSR count). The van der Waals surface area contributed by atoms with Gasteiger partial charge in [-0.25, -0.2) is 0 Å². The van der Waals surface area contributed by atoms with Gasteiger partial charge in [-0.05, 0) is 24.6 Å². The van der Waals surface area contributed by atoms with Gasteiger partial charge in [-0.3, -0.25) is 4.79 Å². The summed E-state index contributed by atoms with van der Waals surface area (Å²) in [7, 11) is 0. The van der Waals surface area contributed by atoms with E-state index in [1.54, 1.807) is 0 Å². The molecule has 0 spiro atoms. The lowest BCUT2D eigenvalue weighted by atomic mass is 10.2. The number of rotatable bonds is 3. The van der Waals surface area contributed by atoms with Crippen molar-refractivity contribution in [2.45, 2.75) is 19.6 Å². The molecule has 1 aromatic carbocycles. The fourth-order valence-electron chi connectivity index (χ4n) is 2.69. The molecule has 110 valence electrons. The molecule has 4 heteroatoms. The highest BCUT2D eigenvalue weighted by Gasteiger charge is 2.24. The molecule has 21 heavy (non-hydrogen) atoms. The largest absolute Gasteiger partial charge is 0.375 e. The smallest absolute Gasteiger partial charge is 0.270 e. The molecule has 4 nitrogen and oxygen atoms in total. The number of nitrogens with zero attached hydrogens (tertiary/aromatic N) is 2. The van der Waals surface area contributed by atoms with Crippen molar-refractivity contribution >= 4 is 5.91 Å². The highest BCUT2D eigenvalue weighted by atomic mass is 16.5. The van der Waals surface area contributed by atoms with E-state index in [2.05, 4.69) is 12.1 Å². The molecule has 0 aliphatic carbocycles. The topological polar surface area (TPSA) is 34.5 Å². The van der Waals surface area contributed by atoms with E-state index in [0.29, 0.717) is 19.7 Å². The number of aromatic nitrogens is 1. The highest BCUT2D eigenvalue weighted by Crippen LogP contribution is 2.13. The van der Waals surface area contributed by atoms with Crippen LogP contribution < -0.4 is 0 Å². The molecule has 1 atom stereocenters. The minimum absolute atomic E-state index is 0.0890. The second-order valence-corrected chi connectivity index (χ2v) is 5.44. The van der Waals surface area contributed by atoms with E-state index < -0.39 is 0 Å². The Balaban J connectivity index is 1.77. The second-order valence-electron chi connectivity index (χ2n) is 5.44. The van der Waals surface area contributed by atoms with Crippen molar-refractivity contribution in [3.63, 3.8) is 0 Å². The van der Waals surface area contributed by atoms with E-state index in [1.807, 2.05) is 52.9 Å². The minimum atomic E-state index is 0.0890. The summed E-state index contributed by atoms with van der Waals surface area (Å²) in [5, 5.41) is 0. The predicted molar refractivity (Wildman–Crippen MR) is 81.3 cm³/mol. The SMILES string of the molecule is CC1CN(C(=O)c2cccn2Cc2ccccc2)CCO1. The van der Waals surface area contributed by atoms with E-state index >= 15 is 0 Å². The van der Waals surface area contributed by atoms with Crippen LogP contribution in [0.5, 0.6) is 0 Å². The minimum Gasteiger partial charge on any atom is -0.375 e. The number of ether oxygens (including phenoxy) is 1. The van der Waals surface area contributed by atoms with Crippen LogP contribution in [0.1, 0.15) is 23.0 Å². The molecule has 1 aromatic heterocycles. The van der Waals surface area contributed by atoms with Crippen LogP contribution in [0.25, 0.3) is 0 Å². The Morgan fingerprint density at radius 2 is 2.05 bits per heavy atom. The molecule has 0 N–H and O–H groups in total. The maximum absolute atomic E-state index is 12.7. The van der Waals surface area contributed by atoms with Crippen LogP contribution in [0.15, 0.2) is 48.7 Å². The molecule has 2 heterocycles. The van der Waals surface area contributed by atoms with E-state index in [-0.39, 0.29) is 12.0 Å². The maximum atomic E-state index is 12.7. The number of carbonyl (C=O) groups excluding carboxylic acids is 1. The van der Waals surface area contributed by atoms with Gasteiger partial charge in [0.25, 0.3) is 5.91 Å². The molecule has 0 radical (unpaired) electrons. The van der Waals surface area contributed by atoms with Crippen molar-refractivity contribution in [2.24, 2.45) is 0 Å². The Morgan fingerprint density at radius 1 is 1.24 bits per heavy atom. The summed E-state index contributed by atoms with van der Waals surface area (Å²) in [6.07, 6.45) is 2.07. The molecule has 1 saturated heterocycles. The quantitative estimate of drug-likeness (QED) is 0.867. The Bertz CT molecular complexity index is 606. The number of carbonyl (C=O) groups is 1. The number of amides is 1. The number of hydrogen-bond acceptors (Lipinski definition) is 2. The summed E-state index contributed by atoms with van der Waals surface area (Å²) in [5.74, 6) is 0.0890. The summed E-state index contributed by atoms with van der Waals surface area (Å²) in [5.41, 5.74) is 1.94. The average molecular weight is 284 g/mol. The van der Waals surface area contributed by atoms with Gasteiger partial charge in [0.05, 0.1) is 12.7 Å². The first-order valence-electron chi connectivity index (χ1n) is 7.34. The number of morpholine rings is 1. The first kappa shape index (κ1) is 13.9. The number of benzene rings is 1. The van der Waals surface area contributed by atoms with Gasteiger partial charge in [0.2, 0.25) is 0 Å². The summed E-state index contributed by atoms with van der Waals surface area (Å²) in [6, 6.07) is 14.0. The summed E-state index contributed by atoms with van der Waals surface area (Å²) in [6.45, 7) is 4.67. The zero-order valence-corrected chi connectivity index (χ0v) is 12.2. The molecule has 1 amide bonds. The van der Waals surface area contributed by atoms with Crippen molar-refractivity contribution in [3.05, 3.63) is 59.9 Å². The van der Waals surface area contributed by atoms with Gasteiger partial charge >= 0.3 is 0 Å². The zero-order valence-electron chi connectivity index (χ0n) is 12.2. The van der Waals surface area contributed by atoms with Gasteiger partial charge in [0, 0.05) is 25.8 Å². The van der Waals surface area contributed by atoms with Crippen molar-refractivity contribution in [2.75, 3.05) is 19.7 Å². The Labute approximate surface area is 124 Å². The van der Waals surface area contributed by atoms with E-state index in [9.17, 15) is 4.79 Å². The Hall–Kier alpha value is -2.07. The highest BCUT2D eigenvalue weighted by molar-refractivity contribution is 5.92. The number of hydrogen-bond donors (Lipinski definition) is 0. The molecule has 0 bridgehead atoms. The second kappa shape index (κ2) is 6.14. The molecule has 2 aromatic rings. The van der Waals surface area contributed by atoms with Crippen LogP contribution in [-0.4, -0.2) is 41.2 Å². The standard InChI is InChI=1S/C17H20N2O2/c1-14-12-19(10-11-21-14)17(20)16-8-5-9-18(16)13-15-6-3-2-4-7-15/h2-9,14H,10-13H2,1H3. The van der Waals surface area contributed by atoms with Gasteiger partial charge in [-0.1, -0.05) is 30.3 Å². The molecule has 1 unspecified atom stereocenters. The van der Waals surface area contributed by atoms with E-state index in [4.69, 9.17) is 4.74 Å². The van der Waals surface area contributed by atoms with Crippen molar-refractivity contribution in [1.29, 1.82) is 0 Å². The average Bonchev–Trinajstić information content (AvgIpc) is 2.95. The summed E-state index contributed by atoms with van der Waals surface area (Å²) >= 11 is 0. The van der Waals surface area contributed by atoms with E-state index in [0.717, 1.165) is 12.2 Å². The molecule has 1 aliphatic rings. The molecule has 1 aliphatic heterocycles. The third kappa shape index (κ3) is 3.16. The van der Waals surface area contributed by atoms with Crippen molar-refractivity contribution in [1.82, 2.24) is 9.47 Å². The van der Waals surface area contributed by atoms with Crippen molar-refractivity contribution in [3.8, 4) is 0 Å². The lowest BCUT2D eigenvalue weighted by Crippen LogP contribution is -2.45. The molecule has 0 saturated carbocycles. The normalized spacial score (nSPS) is 18.7. The molecule has 1 fully saturated rings. The first-order chi connectivity index (χ1) is 10.2. The summed E-state index contributed by atoms with van der Waals surface area (Å²) < 4.78 is 7.51. The first-order valence-corrected chi connectivity index (χ1v) is 7.34. The van der Waals surface area contributed by atoms with Crippen LogP contribution in [0.3, 0.4) is 0 Å². The maximum Gasteiger partial charge on any atom is 0.270 e. The third-order valence-electron chi connectivity index (χ3n) is 3.77. The van der Waals surface area contributed by atoms with Crippen LogP contribution in [0.4, 0.5) is 0 Å². The Morgan fingerprint density at radius 3 is 2.81 bits per heavy atom. The van der Waals surface area contributed by atoms with Gasteiger partial charge in [0.1, 0.15) is 5.69 Å². The summed E-state index contributed by atoms with van der Waals surface area (Å²) in [4.78, 5) is 14.5. The lowest BCUT2D eigenvalue weighted by molar-refractivity contribution is -0.0127. The van der Waals surface area contributed by atoms with Crippen LogP contribution in [0, 0.1) is 0 Å². The van der Waals surface area contributed by atoms with Crippen molar-refractivity contribution < 1.29 is 9.53 Å². The molecular weight excluding hydrogens is 264 g/mol. The fourth-order valence-corrected chi connectivity index (χ4v) is 2.69. The monoisotopic (exact) mass is 284 g/mol. The lowest BCUT2D eigenvalue weighted by Gasteiger charge is -2.31.